The van der Waals surface area contributed by atoms with Crippen LogP contribution in [-0.2, 0) is 26.2 Å². The maximum Gasteiger partial charge on any atom is 0.264 e. The van der Waals surface area contributed by atoms with Crippen LogP contribution in [0, 0.1) is 13.8 Å². The molecule has 0 unspecified atom stereocenters. The van der Waals surface area contributed by atoms with E-state index in [0.29, 0.717) is 21.2 Å². The van der Waals surface area contributed by atoms with E-state index in [2.05, 4.69) is 5.32 Å². The van der Waals surface area contributed by atoms with Crippen LogP contribution >= 0.6 is 23.2 Å². The van der Waals surface area contributed by atoms with E-state index in [4.69, 9.17) is 23.2 Å². The number of anilines is 1. The van der Waals surface area contributed by atoms with Gasteiger partial charge in [0.2, 0.25) is 11.8 Å². The Bertz CT molecular complexity index is 1460. The Morgan fingerprint density at radius 1 is 0.925 bits per heavy atom. The fraction of sp³-hybridized carbons (Fsp3) is 0.333. The molecule has 0 radical (unpaired) electrons. The first-order valence-electron chi connectivity index (χ1n) is 13.0. The highest BCUT2D eigenvalue weighted by Gasteiger charge is 2.33. The monoisotopic (exact) mass is 603 g/mol. The molecular weight excluding hydrogens is 569 g/mol. The van der Waals surface area contributed by atoms with Gasteiger partial charge in [0.1, 0.15) is 12.6 Å². The van der Waals surface area contributed by atoms with Gasteiger partial charge in [-0.05, 0) is 81.6 Å². The molecule has 2 atom stereocenters. The van der Waals surface area contributed by atoms with Gasteiger partial charge in [-0.1, -0.05) is 66.0 Å². The van der Waals surface area contributed by atoms with E-state index in [9.17, 15) is 18.0 Å². The Morgan fingerprint density at radius 2 is 1.57 bits per heavy atom. The average molecular weight is 605 g/mol. The fourth-order valence-electron chi connectivity index (χ4n) is 4.08. The Kier molecular flexibility index (Phi) is 10.6. The molecule has 0 aromatic heterocycles. The molecule has 0 spiro atoms. The van der Waals surface area contributed by atoms with Gasteiger partial charge in [0.15, 0.2) is 0 Å². The van der Waals surface area contributed by atoms with Crippen molar-refractivity contribution in [2.75, 3.05) is 10.8 Å². The zero-order valence-corrected chi connectivity index (χ0v) is 25.6. The second-order valence-corrected chi connectivity index (χ2v) is 12.6. The molecule has 3 aromatic rings. The van der Waals surface area contributed by atoms with Gasteiger partial charge in [-0.2, -0.15) is 0 Å². The largest absolute Gasteiger partial charge is 0.352 e. The normalized spacial score (nSPS) is 12.9. The number of carbonyl (C=O) groups excluding carboxylic acids is 2. The van der Waals surface area contributed by atoms with E-state index < -0.39 is 28.5 Å². The van der Waals surface area contributed by atoms with Gasteiger partial charge in [0.25, 0.3) is 10.0 Å². The van der Waals surface area contributed by atoms with Crippen LogP contribution in [0.5, 0.6) is 0 Å². The summed E-state index contributed by atoms with van der Waals surface area (Å²) in [7, 11) is -4.18. The quantitative estimate of drug-likeness (QED) is 0.285. The number of sulfonamides is 1. The molecule has 2 amide bonds. The van der Waals surface area contributed by atoms with E-state index in [0.717, 1.165) is 16.3 Å². The summed E-state index contributed by atoms with van der Waals surface area (Å²) in [5, 5.41) is 3.73. The highest BCUT2D eigenvalue weighted by Crippen LogP contribution is 2.30. The Morgan fingerprint density at radius 3 is 2.20 bits per heavy atom. The molecule has 0 bridgehead atoms. The number of carbonyl (C=O) groups is 2. The fourth-order valence-corrected chi connectivity index (χ4v) is 5.93. The van der Waals surface area contributed by atoms with Crippen LogP contribution in [0.2, 0.25) is 10.0 Å². The molecule has 0 saturated carbocycles. The van der Waals surface area contributed by atoms with E-state index in [1.165, 1.54) is 23.1 Å². The third kappa shape index (κ3) is 7.77. The minimum atomic E-state index is -4.18. The Hall–Kier alpha value is -3.07. The first-order valence-corrected chi connectivity index (χ1v) is 15.2. The lowest BCUT2D eigenvalue weighted by molar-refractivity contribution is -0.139. The molecule has 3 aromatic carbocycles. The summed E-state index contributed by atoms with van der Waals surface area (Å²) in [6.07, 6.45) is 0.720. The van der Waals surface area contributed by atoms with Crippen molar-refractivity contribution in [2.24, 2.45) is 0 Å². The second-order valence-electron chi connectivity index (χ2n) is 9.90. The first-order chi connectivity index (χ1) is 18.8. The second kappa shape index (κ2) is 13.5. The smallest absolute Gasteiger partial charge is 0.264 e. The predicted molar refractivity (Wildman–Crippen MR) is 161 cm³/mol. The van der Waals surface area contributed by atoms with Gasteiger partial charge in [0, 0.05) is 22.6 Å². The third-order valence-electron chi connectivity index (χ3n) is 6.74. The van der Waals surface area contributed by atoms with Crippen molar-refractivity contribution in [3.63, 3.8) is 0 Å². The molecule has 0 aliphatic carbocycles. The van der Waals surface area contributed by atoms with Crippen molar-refractivity contribution in [2.45, 2.75) is 64.6 Å². The molecule has 0 aliphatic heterocycles. The summed E-state index contributed by atoms with van der Waals surface area (Å²) in [5.74, 6) is -0.890. The van der Waals surface area contributed by atoms with E-state index in [-0.39, 0.29) is 29.1 Å². The first kappa shape index (κ1) is 31.5. The highest BCUT2D eigenvalue weighted by atomic mass is 35.5. The van der Waals surface area contributed by atoms with Crippen LogP contribution in [0.15, 0.2) is 71.6 Å². The molecule has 10 heteroatoms. The zero-order valence-electron chi connectivity index (χ0n) is 23.3. The minimum absolute atomic E-state index is 0.0363. The van der Waals surface area contributed by atoms with Crippen molar-refractivity contribution < 1.29 is 18.0 Å². The number of benzene rings is 3. The summed E-state index contributed by atoms with van der Waals surface area (Å²) < 4.78 is 29.0. The summed E-state index contributed by atoms with van der Waals surface area (Å²) in [5.41, 5.74) is 2.50. The number of amides is 2. The predicted octanol–water partition coefficient (Wildman–Crippen LogP) is 6.14. The summed E-state index contributed by atoms with van der Waals surface area (Å²) >= 11 is 12.5. The molecule has 40 heavy (non-hydrogen) atoms. The van der Waals surface area contributed by atoms with Crippen molar-refractivity contribution in [1.82, 2.24) is 10.2 Å². The van der Waals surface area contributed by atoms with Crippen LogP contribution in [0.3, 0.4) is 0 Å². The molecule has 214 valence electrons. The van der Waals surface area contributed by atoms with Crippen molar-refractivity contribution in [1.29, 1.82) is 0 Å². The van der Waals surface area contributed by atoms with Gasteiger partial charge < -0.3 is 10.2 Å². The molecular formula is C30H35Cl2N3O4S. The van der Waals surface area contributed by atoms with Gasteiger partial charge in [-0.15, -0.1) is 0 Å². The number of hydrogen-bond donors (Lipinski definition) is 1. The topological polar surface area (TPSA) is 86.8 Å². The lowest BCUT2D eigenvalue weighted by atomic mass is 10.1. The lowest BCUT2D eigenvalue weighted by Gasteiger charge is -2.33. The number of nitrogens with one attached hydrogen (secondary N) is 1. The van der Waals surface area contributed by atoms with Crippen LogP contribution in [0.4, 0.5) is 5.69 Å². The molecule has 1 N–H and O–H groups in total. The maximum atomic E-state index is 14.0. The Balaban J connectivity index is 2.07. The van der Waals surface area contributed by atoms with Gasteiger partial charge in [-0.25, -0.2) is 8.42 Å². The van der Waals surface area contributed by atoms with E-state index >= 15 is 0 Å². The summed E-state index contributed by atoms with van der Waals surface area (Å²) in [4.78, 5) is 28.6. The van der Waals surface area contributed by atoms with Crippen LogP contribution < -0.4 is 9.62 Å². The minimum Gasteiger partial charge on any atom is -0.352 e. The molecule has 3 rings (SSSR count). The van der Waals surface area contributed by atoms with E-state index in [1.807, 2.05) is 20.8 Å². The lowest BCUT2D eigenvalue weighted by Crippen LogP contribution is -2.52. The molecule has 0 aliphatic rings. The van der Waals surface area contributed by atoms with Gasteiger partial charge >= 0.3 is 0 Å². The molecule has 0 heterocycles. The number of hydrogen-bond acceptors (Lipinski definition) is 4. The summed E-state index contributed by atoms with van der Waals surface area (Å²) in [6, 6.07) is 17.3. The van der Waals surface area contributed by atoms with E-state index in [1.54, 1.807) is 62.4 Å². The van der Waals surface area contributed by atoms with Crippen molar-refractivity contribution in [3.8, 4) is 0 Å². The van der Waals surface area contributed by atoms with Crippen LogP contribution in [-0.4, -0.2) is 43.8 Å². The van der Waals surface area contributed by atoms with Crippen LogP contribution in [0.1, 0.15) is 43.9 Å². The number of rotatable bonds is 11. The van der Waals surface area contributed by atoms with Gasteiger partial charge in [-0.3, -0.25) is 13.9 Å². The average Bonchev–Trinajstić information content (AvgIpc) is 2.91. The van der Waals surface area contributed by atoms with Crippen LogP contribution in [0.25, 0.3) is 0 Å². The Labute approximate surface area is 247 Å². The number of halogens is 2. The van der Waals surface area contributed by atoms with Crippen molar-refractivity contribution >= 4 is 50.7 Å². The third-order valence-corrected chi connectivity index (χ3v) is 8.98. The maximum absolute atomic E-state index is 14.0. The highest BCUT2D eigenvalue weighted by molar-refractivity contribution is 7.92. The number of nitrogens with zero attached hydrogens (tertiary/aromatic N) is 2. The summed E-state index contributed by atoms with van der Waals surface area (Å²) in [6.45, 7) is 8.58. The number of aryl methyl sites for hydroxylation is 2. The van der Waals surface area contributed by atoms with Crippen molar-refractivity contribution in [3.05, 3.63) is 93.5 Å². The molecule has 0 fully saturated rings. The van der Waals surface area contributed by atoms with Gasteiger partial charge in [0.05, 0.1) is 10.6 Å². The molecule has 0 saturated heterocycles. The molecule has 7 nitrogen and oxygen atoms in total. The SMILES string of the molecule is CC[C@@H](C)NC(=O)[C@H](C)N(Cc1cccc(Cl)c1)C(=O)CN(c1cc(Cl)ccc1C)S(=O)(=O)c1ccc(C)cc1. The zero-order chi connectivity index (χ0) is 29.6. The standard InChI is InChI=1S/C30H35Cl2N3O4S/c1-6-22(4)33-30(37)23(5)34(18-24-8-7-9-25(31)16-24)29(36)19-35(28-17-26(32)13-12-21(28)3)40(38,39)27-14-10-20(2)11-15-27/h7-17,22-23H,6,18-19H2,1-5H3,(H,33,37)/t22-,23+/m1/s1.